The van der Waals surface area contributed by atoms with Gasteiger partial charge in [0.15, 0.2) is 0 Å². The maximum absolute atomic E-state index is 11.0. The lowest BCUT2D eigenvalue weighted by Crippen LogP contribution is -2.44. The largest absolute Gasteiger partial charge is 0.465 e. The molecule has 0 spiro atoms. The van der Waals surface area contributed by atoms with E-state index in [1.54, 1.807) is 6.20 Å². The number of hydrogen-bond donors (Lipinski definition) is 2. The fraction of sp³-hybridized carbons (Fsp3) is 0.333. The lowest BCUT2D eigenvalue weighted by molar-refractivity contribution is 0.133. The van der Waals surface area contributed by atoms with Gasteiger partial charge in [-0.25, -0.2) is 9.78 Å². The van der Waals surface area contributed by atoms with Crippen LogP contribution >= 0.6 is 0 Å². The quantitative estimate of drug-likeness (QED) is 0.881. The first kappa shape index (κ1) is 12.7. The van der Waals surface area contributed by atoms with Crippen LogP contribution in [0.15, 0.2) is 36.5 Å². The third-order valence-corrected chi connectivity index (χ3v) is 3.71. The van der Waals surface area contributed by atoms with E-state index in [4.69, 9.17) is 5.11 Å². The second-order valence-electron chi connectivity index (χ2n) is 5.09. The summed E-state index contributed by atoms with van der Waals surface area (Å²) < 4.78 is 0. The van der Waals surface area contributed by atoms with Gasteiger partial charge < -0.3 is 15.3 Å². The number of carbonyl (C=O) groups is 1. The van der Waals surface area contributed by atoms with Gasteiger partial charge in [-0.1, -0.05) is 24.3 Å². The molecule has 1 aliphatic rings. The van der Waals surface area contributed by atoms with E-state index in [0.717, 1.165) is 29.4 Å². The Morgan fingerprint density at radius 3 is 3.05 bits per heavy atom. The summed E-state index contributed by atoms with van der Waals surface area (Å²) in [5, 5.41) is 14.7. The topological polar surface area (TPSA) is 65.5 Å². The first-order valence-corrected chi connectivity index (χ1v) is 6.82. The molecule has 1 unspecified atom stereocenters. The van der Waals surface area contributed by atoms with Gasteiger partial charge in [0.1, 0.15) is 5.82 Å². The average Bonchev–Trinajstić information content (AvgIpc) is 2.48. The Labute approximate surface area is 117 Å². The summed E-state index contributed by atoms with van der Waals surface area (Å²) in [6.07, 6.45) is 2.79. The lowest BCUT2D eigenvalue weighted by Gasteiger charge is -2.31. The first-order chi connectivity index (χ1) is 9.74. The number of hydrogen-bond acceptors (Lipinski definition) is 3. The minimum absolute atomic E-state index is 0.123. The van der Waals surface area contributed by atoms with Gasteiger partial charge in [-0.3, -0.25) is 0 Å². The molecule has 3 rings (SSSR count). The Hall–Kier alpha value is -2.30. The normalized spacial score (nSPS) is 19.0. The van der Waals surface area contributed by atoms with Crippen LogP contribution in [0, 0.1) is 0 Å². The van der Waals surface area contributed by atoms with Gasteiger partial charge in [0, 0.05) is 30.7 Å². The van der Waals surface area contributed by atoms with Crippen LogP contribution in [0.2, 0.25) is 0 Å². The Morgan fingerprint density at radius 2 is 2.20 bits per heavy atom. The predicted octanol–water partition coefficient (Wildman–Crippen LogP) is 2.79. The van der Waals surface area contributed by atoms with E-state index in [0.29, 0.717) is 13.1 Å². The zero-order chi connectivity index (χ0) is 13.9. The number of anilines is 1. The zero-order valence-corrected chi connectivity index (χ0v) is 11.1. The van der Waals surface area contributed by atoms with Gasteiger partial charge >= 0.3 is 6.09 Å². The molecular formula is C15H17N3O2. The number of rotatable bonds is 2. The van der Waals surface area contributed by atoms with Crippen molar-refractivity contribution in [3.05, 3.63) is 36.5 Å². The first-order valence-electron chi connectivity index (χ1n) is 6.82. The van der Waals surface area contributed by atoms with Crippen molar-refractivity contribution < 1.29 is 9.90 Å². The molecule has 1 aromatic heterocycles. The minimum Gasteiger partial charge on any atom is -0.465 e. The number of fused-ring (bicyclic) bond motifs is 1. The van der Waals surface area contributed by atoms with Crippen LogP contribution in [0.1, 0.15) is 12.8 Å². The molecule has 20 heavy (non-hydrogen) atoms. The van der Waals surface area contributed by atoms with Crippen LogP contribution in [0.3, 0.4) is 0 Å². The standard InChI is InChI=1S/C15H17N3O2/c19-15(20)18-9-3-5-12(10-18)17-14-13-6-2-1-4-11(13)7-8-16-14/h1-2,4,6-8,12H,3,5,9-10H2,(H,16,17)(H,19,20). The van der Waals surface area contributed by atoms with Crippen molar-refractivity contribution in [1.82, 2.24) is 9.88 Å². The fourth-order valence-electron chi connectivity index (χ4n) is 2.70. The van der Waals surface area contributed by atoms with Crippen LogP contribution in [-0.4, -0.2) is 40.2 Å². The van der Waals surface area contributed by atoms with Crippen LogP contribution in [0.4, 0.5) is 10.6 Å². The van der Waals surface area contributed by atoms with Crippen LogP contribution < -0.4 is 5.32 Å². The third kappa shape index (κ3) is 2.52. The molecule has 1 saturated heterocycles. The summed E-state index contributed by atoms with van der Waals surface area (Å²) in [6.45, 7) is 1.14. The number of pyridine rings is 1. The van der Waals surface area contributed by atoms with Crippen molar-refractivity contribution in [3.8, 4) is 0 Å². The van der Waals surface area contributed by atoms with Crippen molar-refractivity contribution in [2.75, 3.05) is 18.4 Å². The summed E-state index contributed by atoms with van der Waals surface area (Å²) in [7, 11) is 0. The van der Waals surface area contributed by atoms with Gasteiger partial charge in [0.2, 0.25) is 0 Å². The number of nitrogens with zero attached hydrogens (tertiary/aromatic N) is 2. The number of carboxylic acid groups (broad SMARTS) is 1. The summed E-state index contributed by atoms with van der Waals surface area (Å²) in [5.74, 6) is 0.834. The molecule has 2 N–H and O–H groups in total. The average molecular weight is 271 g/mol. The van der Waals surface area contributed by atoms with Gasteiger partial charge in [-0.2, -0.15) is 0 Å². The van der Waals surface area contributed by atoms with Crippen LogP contribution in [0.5, 0.6) is 0 Å². The number of amides is 1. The molecule has 0 bridgehead atoms. The fourth-order valence-corrected chi connectivity index (χ4v) is 2.70. The molecule has 1 amide bonds. The van der Waals surface area contributed by atoms with Crippen molar-refractivity contribution in [3.63, 3.8) is 0 Å². The molecule has 1 fully saturated rings. The molecule has 1 aliphatic heterocycles. The highest BCUT2D eigenvalue weighted by Crippen LogP contribution is 2.23. The highest BCUT2D eigenvalue weighted by Gasteiger charge is 2.23. The van der Waals surface area contributed by atoms with Crippen molar-refractivity contribution in [2.24, 2.45) is 0 Å². The van der Waals surface area contributed by atoms with Gasteiger partial charge in [0.05, 0.1) is 0 Å². The highest BCUT2D eigenvalue weighted by atomic mass is 16.4. The Balaban J connectivity index is 1.81. The van der Waals surface area contributed by atoms with Crippen LogP contribution in [0.25, 0.3) is 10.8 Å². The molecule has 0 radical (unpaired) electrons. The smallest absolute Gasteiger partial charge is 0.407 e. The minimum atomic E-state index is -0.845. The number of nitrogens with one attached hydrogen (secondary N) is 1. The third-order valence-electron chi connectivity index (χ3n) is 3.71. The molecule has 0 saturated carbocycles. The molecule has 1 aromatic carbocycles. The van der Waals surface area contributed by atoms with Crippen molar-refractivity contribution in [2.45, 2.75) is 18.9 Å². The summed E-state index contributed by atoms with van der Waals surface area (Å²) in [5.41, 5.74) is 0. The van der Waals surface area contributed by atoms with E-state index in [1.165, 1.54) is 4.90 Å². The van der Waals surface area contributed by atoms with E-state index in [2.05, 4.69) is 10.3 Å². The predicted molar refractivity (Wildman–Crippen MR) is 78.0 cm³/mol. The number of aromatic nitrogens is 1. The van der Waals surface area contributed by atoms with E-state index < -0.39 is 6.09 Å². The van der Waals surface area contributed by atoms with Crippen molar-refractivity contribution in [1.29, 1.82) is 0 Å². The van der Waals surface area contributed by atoms with E-state index in [9.17, 15) is 4.79 Å². The number of benzene rings is 1. The maximum Gasteiger partial charge on any atom is 0.407 e. The number of likely N-dealkylation sites (tertiary alicyclic amines) is 1. The molecule has 5 nitrogen and oxygen atoms in total. The lowest BCUT2D eigenvalue weighted by atomic mass is 10.1. The van der Waals surface area contributed by atoms with Gasteiger partial charge in [0.25, 0.3) is 0 Å². The zero-order valence-electron chi connectivity index (χ0n) is 11.1. The Morgan fingerprint density at radius 1 is 1.35 bits per heavy atom. The molecule has 104 valence electrons. The molecular weight excluding hydrogens is 254 g/mol. The maximum atomic E-state index is 11.0. The molecule has 2 aromatic rings. The van der Waals surface area contributed by atoms with Crippen LogP contribution in [-0.2, 0) is 0 Å². The summed E-state index contributed by atoms with van der Waals surface area (Å²) >= 11 is 0. The second-order valence-corrected chi connectivity index (χ2v) is 5.09. The van der Waals surface area contributed by atoms with E-state index in [1.807, 2.05) is 30.3 Å². The van der Waals surface area contributed by atoms with Gasteiger partial charge in [-0.05, 0) is 24.3 Å². The summed E-state index contributed by atoms with van der Waals surface area (Å²) in [4.78, 5) is 16.9. The SMILES string of the molecule is O=C(O)N1CCCC(Nc2nccc3ccccc23)C1. The molecule has 2 heterocycles. The molecule has 1 atom stereocenters. The molecule has 5 heteroatoms. The Kier molecular flexibility index (Phi) is 3.41. The number of piperidine rings is 1. The monoisotopic (exact) mass is 271 g/mol. The highest BCUT2D eigenvalue weighted by molar-refractivity contribution is 5.91. The molecule has 0 aliphatic carbocycles. The van der Waals surface area contributed by atoms with E-state index in [-0.39, 0.29) is 6.04 Å². The second kappa shape index (κ2) is 5.36. The van der Waals surface area contributed by atoms with Gasteiger partial charge in [-0.15, -0.1) is 0 Å². The van der Waals surface area contributed by atoms with Crippen molar-refractivity contribution >= 4 is 22.7 Å². The van der Waals surface area contributed by atoms with E-state index >= 15 is 0 Å². The Bertz CT molecular complexity index is 624. The summed E-state index contributed by atoms with van der Waals surface area (Å²) in [6, 6.07) is 10.2.